The number of halogens is 1. The smallest absolute Gasteiger partial charge is 0.194 e. The van der Waals surface area contributed by atoms with Crippen LogP contribution in [0.25, 0.3) is 0 Å². The molecule has 1 unspecified atom stereocenters. The van der Waals surface area contributed by atoms with Crippen LogP contribution in [0.5, 0.6) is 0 Å². The molecule has 0 aromatic carbocycles. The molecular weight excluding hydrogens is 465 g/mol. The van der Waals surface area contributed by atoms with Gasteiger partial charge in [-0.05, 0) is 45.2 Å². The normalized spacial score (nSPS) is 20.8. The largest absolute Gasteiger partial charge is 0.353 e. The van der Waals surface area contributed by atoms with Crippen molar-refractivity contribution in [1.29, 1.82) is 0 Å². The fourth-order valence-electron chi connectivity index (χ4n) is 4.24. The van der Waals surface area contributed by atoms with E-state index in [1.807, 2.05) is 18.5 Å². The maximum Gasteiger partial charge on any atom is 0.194 e. The van der Waals surface area contributed by atoms with Crippen molar-refractivity contribution < 1.29 is 0 Å². The van der Waals surface area contributed by atoms with E-state index in [0.717, 1.165) is 49.7 Å². The Hall–Kier alpha value is -0.900. The quantitative estimate of drug-likeness (QED) is 0.352. The first-order chi connectivity index (χ1) is 13.1. The van der Waals surface area contributed by atoms with Crippen LogP contribution in [0.4, 0.5) is 0 Å². The van der Waals surface area contributed by atoms with E-state index in [1.165, 1.54) is 38.6 Å². The Balaban J connectivity index is 0.00000280. The van der Waals surface area contributed by atoms with E-state index in [0.29, 0.717) is 12.6 Å². The summed E-state index contributed by atoms with van der Waals surface area (Å²) in [6.45, 7) is 12.8. The van der Waals surface area contributed by atoms with E-state index in [9.17, 15) is 0 Å². The lowest BCUT2D eigenvalue weighted by molar-refractivity contribution is 0.255. The number of guanidine groups is 1. The van der Waals surface area contributed by atoms with E-state index in [2.05, 4.69) is 39.2 Å². The zero-order valence-electron chi connectivity index (χ0n) is 18.0. The van der Waals surface area contributed by atoms with Gasteiger partial charge in [0.1, 0.15) is 12.4 Å². The van der Waals surface area contributed by atoms with Gasteiger partial charge in [-0.3, -0.25) is 0 Å². The molecule has 160 valence electrons. The number of rotatable bonds is 7. The summed E-state index contributed by atoms with van der Waals surface area (Å²) in [7, 11) is 2.01. The van der Waals surface area contributed by atoms with Crippen LogP contribution in [0.3, 0.4) is 0 Å². The first-order valence-electron chi connectivity index (χ1n) is 10.7. The molecular formula is C20H38IN7. The highest BCUT2D eigenvalue weighted by Gasteiger charge is 2.28. The van der Waals surface area contributed by atoms with Crippen LogP contribution in [0, 0.1) is 12.8 Å². The Bertz CT molecular complexity index is 620. The third kappa shape index (κ3) is 6.05. The van der Waals surface area contributed by atoms with Gasteiger partial charge in [0.2, 0.25) is 0 Å². The van der Waals surface area contributed by atoms with Crippen LogP contribution in [0.1, 0.15) is 57.6 Å². The number of likely N-dealkylation sites (tertiary alicyclic amines) is 1. The number of aliphatic imine (C=N–C) groups is 1. The summed E-state index contributed by atoms with van der Waals surface area (Å²) in [5.74, 6) is 3.67. The lowest BCUT2D eigenvalue weighted by atomic mass is 10.1. The predicted molar refractivity (Wildman–Crippen MR) is 125 cm³/mol. The average Bonchev–Trinajstić information content (AvgIpc) is 3.41. The highest BCUT2D eigenvalue weighted by atomic mass is 127. The van der Waals surface area contributed by atoms with Gasteiger partial charge in [-0.15, -0.1) is 34.2 Å². The molecule has 7 nitrogen and oxygen atoms in total. The van der Waals surface area contributed by atoms with Gasteiger partial charge < -0.3 is 19.7 Å². The molecule has 0 bridgehead atoms. The molecule has 8 heteroatoms. The highest BCUT2D eigenvalue weighted by molar-refractivity contribution is 14.0. The van der Waals surface area contributed by atoms with Gasteiger partial charge in [0, 0.05) is 32.7 Å². The monoisotopic (exact) mass is 503 g/mol. The topological polar surface area (TPSA) is 61.6 Å². The van der Waals surface area contributed by atoms with E-state index >= 15 is 0 Å². The molecule has 1 aliphatic carbocycles. The Morgan fingerprint density at radius 1 is 1.18 bits per heavy atom. The maximum absolute atomic E-state index is 4.96. The summed E-state index contributed by atoms with van der Waals surface area (Å²) >= 11 is 0. The summed E-state index contributed by atoms with van der Waals surface area (Å²) in [6.07, 6.45) is 6.44. The van der Waals surface area contributed by atoms with Crippen LogP contribution in [0.15, 0.2) is 4.99 Å². The molecule has 0 amide bonds. The minimum Gasteiger partial charge on any atom is -0.353 e. The molecule has 0 spiro atoms. The van der Waals surface area contributed by atoms with Crippen molar-refractivity contribution >= 4 is 29.9 Å². The number of aryl methyl sites for hydroxylation is 1. The van der Waals surface area contributed by atoms with Gasteiger partial charge in [0.05, 0.1) is 0 Å². The van der Waals surface area contributed by atoms with Crippen LogP contribution in [0.2, 0.25) is 0 Å². The second kappa shape index (κ2) is 11.3. The van der Waals surface area contributed by atoms with Crippen molar-refractivity contribution in [2.24, 2.45) is 18.0 Å². The minimum absolute atomic E-state index is 0. The SMILES string of the molecule is CCN(CC)CC1CCN(C(=NCc2nnc(C)n2C)NC2CCCC2)C1.I. The zero-order valence-corrected chi connectivity index (χ0v) is 20.4. The van der Waals surface area contributed by atoms with Crippen LogP contribution in [-0.2, 0) is 13.6 Å². The van der Waals surface area contributed by atoms with Crippen LogP contribution < -0.4 is 5.32 Å². The molecule has 1 aromatic heterocycles. The highest BCUT2D eigenvalue weighted by Crippen LogP contribution is 2.21. The van der Waals surface area contributed by atoms with Crippen LogP contribution in [-0.4, -0.2) is 69.3 Å². The molecule has 0 radical (unpaired) electrons. The van der Waals surface area contributed by atoms with Gasteiger partial charge in [-0.1, -0.05) is 26.7 Å². The molecule has 3 rings (SSSR count). The van der Waals surface area contributed by atoms with Gasteiger partial charge in [-0.2, -0.15) is 0 Å². The molecule has 2 aliphatic rings. The molecule has 28 heavy (non-hydrogen) atoms. The minimum atomic E-state index is 0. The van der Waals surface area contributed by atoms with Gasteiger partial charge >= 0.3 is 0 Å². The van der Waals surface area contributed by atoms with Crippen molar-refractivity contribution in [3.8, 4) is 0 Å². The van der Waals surface area contributed by atoms with E-state index < -0.39 is 0 Å². The number of nitrogens with zero attached hydrogens (tertiary/aromatic N) is 6. The molecule has 1 saturated heterocycles. The lowest BCUT2D eigenvalue weighted by Gasteiger charge is -2.26. The third-order valence-electron chi connectivity index (χ3n) is 6.24. The lowest BCUT2D eigenvalue weighted by Crippen LogP contribution is -2.44. The second-order valence-electron chi connectivity index (χ2n) is 8.07. The summed E-state index contributed by atoms with van der Waals surface area (Å²) < 4.78 is 2.03. The molecule has 2 fully saturated rings. The second-order valence-corrected chi connectivity index (χ2v) is 8.07. The summed E-state index contributed by atoms with van der Waals surface area (Å²) in [5, 5.41) is 12.2. The molecule has 1 saturated carbocycles. The third-order valence-corrected chi connectivity index (χ3v) is 6.24. The summed E-state index contributed by atoms with van der Waals surface area (Å²) in [6, 6.07) is 0.576. The van der Waals surface area contributed by atoms with Crippen molar-refractivity contribution in [3.63, 3.8) is 0 Å². The van der Waals surface area contributed by atoms with Gasteiger partial charge in [0.25, 0.3) is 0 Å². The summed E-state index contributed by atoms with van der Waals surface area (Å²) in [5.41, 5.74) is 0. The Kier molecular flexibility index (Phi) is 9.46. The van der Waals surface area contributed by atoms with Crippen molar-refractivity contribution in [2.75, 3.05) is 32.7 Å². The molecule has 1 aliphatic heterocycles. The van der Waals surface area contributed by atoms with Gasteiger partial charge in [-0.25, -0.2) is 4.99 Å². The van der Waals surface area contributed by atoms with Gasteiger partial charge in [0.15, 0.2) is 11.8 Å². The molecule has 1 atom stereocenters. The number of nitrogens with one attached hydrogen (secondary N) is 1. The molecule has 2 heterocycles. The first-order valence-corrected chi connectivity index (χ1v) is 10.7. The Labute approximate surface area is 187 Å². The predicted octanol–water partition coefficient (Wildman–Crippen LogP) is 2.79. The van der Waals surface area contributed by atoms with Crippen LogP contribution >= 0.6 is 24.0 Å². The van der Waals surface area contributed by atoms with Crippen molar-refractivity contribution in [1.82, 2.24) is 29.9 Å². The van der Waals surface area contributed by atoms with E-state index in [-0.39, 0.29) is 24.0 Å². The average molecular weight is 503 g/mol. The molecule has 1 N–H and O–H groups in total. The van der Waals surface area contributed by atoms with E-state index in [4.69, 9.17) is 4.99 Å². The Morgan fingerprint density at radius 3 is 2.50 bits per heavy atom. The first kappa shape index (κ1) is 23.4. The fraction of sp³-hybridized carbons (Fsp3) is 0.850. The van der Waals surface area contributed by atoms with E-state index in [1.54, 1.807) is 0 Å². The molecule has 1 aromatic rings. The maximum atomic E-state index is 4.96. The zero-order chi connectivity index (χ0) is 19.2. The number of hydrogen-bond donors (Lipinski definition) is 1. The van der Waals surface area contributed by atoms with Crippen molar-refractivity contribution in [3.05, 3.63) is 11.6 Å². The van der Waals surface area contributed by atoms with Crippen molar-refractivity contribution in [2.45, 2.75) is 65.5 Å². The summed E-state index contributed by atoms with van der Waals surface area (Å²) in [4.78, 5) is 9.97. The number of aromatic nitrogens is 3. The fourth-order valence-corrected chi connectivity index (χ4v) is 4.24. The standard InChI is InChI=1S/C20H37N7.HI/c1-5-26(6-2)14-17-11-12-27(15-17)20(22-18-9-7-8-10-18)21-13-19-24-23-16(3)25(19)4;/h17-18H,5-15H2,1-4H3,(H,21,22);1H. The Morgan fingerprint density at radius 2 is 1.89 bits per heavy atom. The number of hydrogen-bond acceptors (Lipinski definition) is 4.